The van der Waals surface area contributed by atoms with Gasteiger partial charge in [-0.2, -0.15) is 15.0 Å². The summed E-state index contributed by atoms with van der Waals surface area (Å²) >= 11 is 1.52. The van der Waals surface area contributed by atoms with E-state index in [1.54, 1.807) is 0 Å². The van der Waals surface area contributed by atoms with E-state index >= 15 is 0 Å². The molecule has 146 valence electrons. The Morgan fingerprint density at radius 1 is 0.931 bits per heavy atom. The number of hydrogen-bond acceptors (Lipinski definition) is 8. The van der Waals surface area contributed by atoms with Gasteiger partial charge < -0.3 is 15.6 Å². The Balaban J connectivity index is 1.48. The molecule has 0 radical (unpaired) electrons. The van der Waals surface area contributed by atoms with Crippen molar-refractivity contribution < 1.29 is 0 Å². The number of rotatable bonds is 7. The molecule has 0 amide bonds. The van der Waals surface area contributed by atoms with Crippen molar-refractivity contribution in [2.45, 2.75) is 24.4 Å². The predicted octanol–water partition coefficient (Wildman–Crippen LogP) is 3.44. The maximum Gasteiger partial charge on any atom is 0.232 e. The van der Waals surface area contributed by atoms with Crippen LogP contribution in [0.4, 0.5) is 17.6 Å². The number of nitrogen functional groups attached to an aromatic ring is 1. The third-order valence-corrected chi connectivity index (χ3v) is 5.11. The minimum absolute atomic E-state index is 0.177. The zero-order chi connectivity index (χ0) is 20.1. The third-order valence-electron chi connectivity index (χ3n) is 4.14. The highest BCUT2D eigenvalue weighted by Gasteiger charge is 2.12. The first-order valence-corrected chi connectivity index (χ1v) is 10.0. The highest BCUT2D eigenvalue weighted by molar-refractivity contribution is 7.98. The van der Waals surface area contributed by atoms with Gasteiger partial charge in [-0.1, -0.05) is 60.3 Å². The Morgan fingerprint density at radius 3 is 2.41 bits per heavy atom. The SMILES string of the molecule is Cc1nnc(SCc2nc(N)nc(Nc3ccccc3)n2)n1Cc1ccccc1. The van der Waals surface area contributed by atoms with Crippen LogP contribution in [0.2, 0.25) is 0 Å². The summed E-state index contributed by atoms with van der Waals surface area (Å²) in [4.78, 5) is 12.9. The lowest BCUT2D eigenvalue weighted by Gasteiger charge is -2.09. The van der Waals surface area contributed by atoms with Gasteiger partial charge in [0.25, 0.3) is 0 Å². The second-order valence-corrected chi connectivity index (χ2v) is 7.26. The number of nitrogens with one attached hydrogen (secondary N) is 1. The van der Waals surface area contributed by atoms with E-state index < -0.39 is 0 Å². The van der Waals surface area contributed by atoms with E-state index in [0.717, 1.165) is 16.7 Å². The lowest BCUT2D eigenvalue weighted by Crippen LogP contribution is -2.07. The number of thioether (sulfide) groups is 1. The Hall–Kier alpha value is -3.46. The summed E-state index contributed by atoms with van der Waals surface area (Å²) in [5, 5.41) is 12.5. The third kappa shape index (κ3) is 4.88. The van der Waals surface area contributed by atoms with Crippen molar-refractivity contribution in [3.05, 3.63) is 77.9 Å². The lowest BCUT2D eigenvalue weighted by atomic mass is 10.2. The molecule has 2 aromatic heterocycles. The molecule has 4 rings (SSSR count). The van der Waals surface area contributed by atoms with Gasteiger partial charge in [-0.3, -0.25) is 0 Å². The van der Waals surface area contributed by atoms with Crippen LogP contribution in [0, 0.1) is 6.92 Å². The van der Waals surface area contributed by atoms with Crippen LogP contribution in [-0.2, 0) is 12.3 Å². The van der Waals surface area contributed by atoms with Crippen LogP contribution in [-0.4, -0.2) is 29.7 Å². The monoisotopic (exact) mass is 404 g/mol. The Kier molecular flexibility index (Phi) is 5.66. The van der Waals surface area contributed by atoms with Crippen molar-refractivity contribution >= 4 is 29.3 Å². The van der Waals surface area contributed by atoms with Gasteiger partial charge in [0.05, 0.1) is 12.3 Å². The summed E-state index contributed by atoms with van der Waals surface area (Å²) < 4.78 is 2.08. The molecule has 0 bridgehead atoms. The second kappa shape index (κ2) is 8.70. The minimum atomic E-state index is 0.177. The first-order valence-electron chi connectivity index (χ1n) is 9.06. The summed E-state index contributed by atoms with van der Waals surface area (Å²) in [5.74, 6) is 2.53. The van der Waals surface area contributed by atoms with Crippen molar-refractivity contribution in [1.82, 2.24) is 29.7 Å². The molecule has 0 fully saturated rings. The molecule has 0 unspecified atom stereocenters. The highest BCUT2D eigenvalue weighted by Crippen LogP contribution is 2.22. The van der Waals surface area contributed by atoms with Crippen molar-refractivity contribution in [2.75, 3.05) is 11.1 Å². The highest BCUT2D eigenvalue weighted by atomic mass is 32.2. The molecule has 9 heteroatoms. The van der Waals surface area contributed by atoms with Gasteiger partial charge in [0, 0.05) is 5.69 Å². The van der Waals surface area contributed by atoms with E-state index in [2.05, 4.69) is 47.2 Å². The zero-order valence-corrected chi connectivity index (χ0v) is 16.7. The van der Waals surface area contributed by atoms with E-state index in [9.17, 15) is 0 Å². The van der Waals surface area contributed by atoms with Crippen molar-refractivity contribution in [2.24, 2.45) is 0 Å². The molecule has 4 aromatic rings. The molecule has 0 saturated heterocycles. The molecule has 8 nitrogen and oxygen atoms in total. The van der Waals surface area contributed by atoms with Gasteiger partial charge in [0.2, 0.25) is 11.9 Å². The van der Waals surface area contributed by atoms with Crippen LogP contribution in [0.1, 0.15) is 17.2 Å². The number of aromatic nitrogens is 6. The van der Waals surface area contributed by atoms with Crippen LogP contribution in [0.15, 0.2) is 65.8 Å². The first-order chi connectivity index (χ1) is 14.2. The molecular formula is C20H20N8S. The average Bonchev–Trinajstić information content (AvgIpc) is 3.07. The number of nitrogens with two attached hydrogens (primary N) is 1. The predicted molar refractivity (Wildman–Crippen MR) is 114 cm³/mol. The van der Waals surface area contributed by atoms with E-state index in [4.69, 9.17) is 5.73 Å². The summed E-state index contributed by atoms with van der Waals surface area (Å²) in [6.45, 7) is 2.66. The molecule has 0 atom stereocenters. The van der Waals surface area contributed by atoms with Crippen molar-refractivity contribution in [1.29, 1.82) is 0 Å². The Labute approximate surface area is 172 Å². The Bertz CT molecular complexity index is 1080. The summed E-state index contributed by atoms with van der Waals surface area (Å²) in [6.07, 6.45) is 0. The molecule has 3 N–H and O–H groups in total. The summed E-state index contributed by atoms with van der Waals surface area (Å²) in [6, 6.07) is 19.9. The normalized spacial score (nSPS) is 10.8. The molecule has 0 aliphatic carbocycles. The fraction of sp³-hybridized carbons (Fsp3) is 0.150. The van der Waals surface area contributed by atoms with Crippen LogP contribution in [0.25, 0.3) is 0 Å². The van der Waals surface area contributed by atoms with Gasteiger partial charge in [0.15, 0.2) is 5.16 Å². The second-order valence-electron chi connectivity index (χ2n) is 6.31. The molecule has 0 aliphatic rings. The first kappa shape index (κ1) is 18.9. The maximum atomic E-state index is 5.87. The van der Waals surface area contributed by atoms with Crippen LogP contribution >= 0.6 is 11.8 Å². The van der Waals surface area contributed by atoms with E-state index in [0.29, 0.717) is 24.1 Å². The molecule has 29 heavy (non-hydrogen) atoms. The van der Waals surface area contributed by atoms with Gasteiger partial charge in [-0.15, -0.1) is 10.2 Å². The average molecular weight is 405 g/mol. The van der Waals surface area contributed by atoms with Crippen molar-refractivity contribution in [3.63, 3.8) is 0 Å². The quantitative estimate of drug-likeness (QED) is 0.451. The molecule has 2 heterocycles. The van der Waals surface area contributed by atoms with E-state index in [1.165, 1.54) is 17.3 Å². The standard InChI is InChI=1S/C20H20N8S/c1-14-26-27-20(28(14)12-15-8-4-2-5-9-15)29-13-17-23-18(21)25-19(24-17)22-16-10-6-3-7-11-16/h2-11H,12-13H2,1H3,(H3,21,22,23,24,25). The van der Waals surface area contributed by atoms with Crippen LogP contribution < -0.4 is 11.1 Å². The van der Waals surface area contributed by atoms with E-state index in [-0.39, 0.29) is 5.95 Å². The number of para-hydroxylation sites is 1. The molecule has 0 aliphatic heterocycles. The largest absolute Gasteiger partial charge is 0.368 e. The molecule has 0 spiro atoms. The number of nitrogens with zero attached hydrogens (tertiary/aromatic N) is 6. The smallest absolute Gasteiger partial charge is 0.232 e. The lowest BCUT2D eigenvalue weighted by molar-refractivity contribution is 0.688. The maximum absolute atomic E-state index is 5.87. The topological polar surface area (TPSA) is 107 Å². The van der Waals surface area contributed by atoms with Crippen molar-refractivity contribution in [3.8, 4) is 0 Å². The Morgan fingerprint density at radius 2 is 1.66 bits per heavy atom. The minimum Gasteiger partial charge on any atom is -0.368 e. The fourth-order valence-corrected chi connectivity index (χ4v) is 3.59. The number of aryl methyl sites for hydroxylation is 1. The fourth-order valence-electron chi connectivity index (χ4n) is 2.75. The van der Waals surface area contributed by atoms with Crippen LogP contribution in [0.5, 0.6) is 0 Å². The van der Waals surface area contributed by atoms with Gasteiger partial charge in [-0.25, -0.2) is 0 Å². The molecule has 0 saturated carbocycles. The van der Waals surface area contributed by atoms with Gasteiger partial charge in [-0.05, 0) is 24.6 Å². The molecular weight excluding hydrogens is 384 g/mol. The molecule has 2 aromatic carbocycles. The van der Waals surface area contributed by atoms with Gasteiger partial charge >= 0.3 is 0 Å². The van der Waals surface area contributed by atoms with E-state index in [1.807, 2.05) is 55.5 Å². The number of anilines is 3. The number of benzene rings is 2. The van der Waals surface area contributed by atoms with Gasteiger partial charge in [0.1, 0.15) is 11.6 Å². The number of hydrogen-bond donors (Lipinski definition) is 2. The zero-order valence-electron chi connectivity index (χ0n) is 15.9. The summed E-state index contributed by atoms with van der Waals surface area (Å²) in [7, 11) is 0. The van der Waals surface area contributed by atoms with Crippen LogP contribution in [0.3, 0.4) is 0 Å². The summed E-state index contributed by atoms with van der Waals surface area (Å²) in [5.41, 5.74) is 7.95.